The van der Waals surface area contributed by atoms with E-state index in [0.29, 0.717) is 10.9 Å². The highest BCUT2D eigenvalue weighted by Gasteiger charge is 2.25. The van der Waals surface area contributed by atoms with Crippen LogP contribution in [0.25, 0.3) is 0 Å². The van der Waals surface area contributed by atoms with Gasteiger partial charge in [-0.3, -0.25) is 0 Å². The second-order valence-electron chi connectivity index (χ2n) is 5.95. The summed E-state index contributed by atoms with van der Waals surface area (Å²) in [7, 11) is 0. The van der Waals surface area contributed by atoms with Gasteiger partial charge in [-0.25, -0.2) is 4.39 Å². The largest absolute Gasteiger partial charge is 0.316 e. The molecule has 1 fully saturated rings. The number of nitrogens with one attached hydrogen (secondary N) is 1. The number of rotatable bonds is 7. The summed E-state index contributed by atoms with van der Waals surface area (Å²) in [4.78, 5) is 0. The van der Waals surface area contributed by atoms with E-state index in [1.807, 2.05) is 6.07 Å². The molecule has 1 aliphatic rings. The maximum atomic E-state index is 14.0. The van der Waals surface area contributed by atoms with Crippen LogP contribution in [0.15, 0.2) is 18.2 Å². The lowest BCUT2D eigenvalue weighted by Crippen LogP contribution is -2.29. The Kier molecular flexibility index (Phi) is 6.31. The van der Waals surface area contributed by atoms with Gasteiger partial charge in [-0.15, -0.1) is 0 Å². The molecule has 3 heteroatoms. The Labute approximate surface area is 126 Å². The average Bonchev–Trinajstić information content (AvgIpc) is 2.94. The van der Waals surface area contributed by atoms with Gasteiger partial charge in [0.05, 0.1) is 0 Å². The minimum Gasteiger partial charge on any atom is -0.316 e. The first-order valence-electron chi connectivity index (χ1n) is 7.85. The van der Waals surface area contributed by atoms with E-state index in [0.717, 1.165) is 37.4 Å². The standard InChI is InChI=1S/C17H25ClFN/c1-2-9-20-12-15(13-5-3-4-6-13)10-14-7-8-16(18)11-17(14)19/h7-8,11,13,15,20H,2-6,9-10,12H2,1H3. The molecule has 0 spiro atoms. The normalized spacial score (nSPS) is 17.6. The predicted octanol–water partition coefficient (Wildman–Crippen LogP) is 4.83. The number of hydrogen-bond donors (Lipinski definition) is 1. The molecule has 1 N–H and O–H groups in total. The molecule has 0 saturated heterocycles. The average molecular weight is 298 g/mol. The fourth-order valence-electron chi connectivity index (χ4n) is 3.27. The maximum Gasteiger partial charge on any atom is 0.127 e. The zero-order valence-corrected chi connectivity index (χ0v) is 13.1. The fraction of sp³-hybridized carbons (Fsp3) is 0.647. The Morgan fingerprint density at radius 3 is 2.75 bits per heavy atom. The summed E-state index contributed by atoms with van der Waals surface area (Å²) in [6.45, 7) is 4.23. The first-order chi connectivity index (χ1) is 9.70. The summed E-state index contributed by atoms with van der Waals surface area (Å²) < 4.78 is 14.0. The molecule has 0 bridgehead atoms. The Hall–Kier alpha value is -0.600. The molecule has 0 heterocycles. The van der Waals surface area contributed by atoms with E-state index in [1.165, 1.54) is 31.7 Å². The van der Waals surface area contributed by atoms with Crippen LogP contribution in [0, 0.1) is 17.7 Å². The van der Waals surface area contributed by atoms with Gasteiger partial charge in [0.2, 0.25) is 0 Å². The first kappa shape index (κ1) is 15.8. The van der Waals surface area contributed by atoms with Gasteiger partial charge in [-0.2, -0.15) is 0 Å². The van der Waals surface area contributed by atoms with Crippen molar-refractivity contribution < 1.29 is 4.39 Å². The second-order valence-corrected chi connectivity index (χ2v) is 6.39. The van der Waals surface area contributed by atoms with Crippen molar-refractivity contribution in [3.8, 4) is 0 Å². The van der Waals surface area contributed by atoms with Gasteiger partial charge < -0.3 is 5.32 Å². The lowest BCUT2D eigenvalue weighted by Gasteiger charge is -2.24. The molecule has 0 amide bonds. The monoisotopic (exact) mass is 297 g/mol. The van der Waals surface area contributed by atoms with Gasteiger partial charge in [0.1, 0.15) is 5.82 Å². The molecule has 0 aliphatic heterocycles. The molecule has 1 saturated carbocycles. The molecular weight excluding hydrogens is 273 g/mol. The topological polar surface area (TPSA) is 12.0 Å². The van der Waals surface area contributed by atoms with Gasteiger partial charge in [-0.1, -0.05) is 50.3 Å². The minimum atomic E-state index is -0.156. The molecule has 1 nitrogen and oxygen atoms in total. The minimum absolute atomic E-state index is 0.156. The third-order valence-electron chi connectivity index (χ3n) is 4.40. The van der Waals surface area contributed by atoms with Crippen LogP contribution in [0.2, 0.25) is 5.02 Å². The van der Waals surface area contributed by atoms with Crippen LogP contribution in [0.1, 0.15) is 44.6 Å². The van der Waals surface area contributed by atoms with Crippen LogP contribution in [0.5, 0.6) is 0 Å². The van der Waals surface area contributed by atoms with Crippen LogP contribution >= 0.6 is 11.6 Å². The van der Waals surface area contributed by atoms with E-state index in [9.17, 15) is 4.39 Å². The highest BCUT2D eigenvalue weighted by molar-refractivity contribution is 6.30. The summed E-state index contributed by atoms with van der Waals surface area (Å²) in [5, 5.41) is 3.99. The van der Waals surface area contributed by atoms with Crippen LogP contribution in [-0.2, 0) is 6.42 Å². The van der Waals surface area contributed by atoms with E-state index in [2.05, 4.69) is 12.2 Å². The van der Waals surface area contributed by atoms with Crippen molar-refractivity contribution in [3.05, 3.63) is 34.6 Å². The van der Waals surface area contributed by atoms with Crippen molar-refractivity contribution in [2.75, 3.05) is 13.1 Å². The lowest BCUT2D eigenvalue weighted by atomic mass is 9.85. The maximum absolute atomic E-state index is 14.0. The van der Waals surface area contributed by atoms with Crippen molar-refractivity contribution in [3.63, 3.8) is 0 Å². The van der Waals surface area contributed by atoms with Crippen LogP contribution in [-0.4, -0.2) is 13.1 Å². The molecule has 0 radical (unpaired) electrons. The SMILES string of the molecule is CCCNCC(Cc1ccc(Cl)cc1F)C1CCCC1. The first-order valence-corrected chi connectivity index (χ1v) is 8.23. The predicted molar refractivity (Wildman–Crippen MR) is 83.7 cm³/mol. The second kappa shape index (κ2) is 7.99. The van der Waals surface area contributed by atoms with Gasteiger partial charge in [0.25, 0.3) is 0 Å². The molecule has 20 heavy (non-hydrogen) atoms. The summed E-state index contributed by atoms with van der Waals surface area (Å²) in [6.07, 6.45) is 7.23. The number of benzene rings is 1. The highest BCUT2D eigenvalue weighted by Crippen LogP contribution is 2.33. The van der Waals surface area contributed by atoms with Gasteiger partial charge in [0.15, 0.2) is 0 Å². The van der Waals surface area contributed by atoms with E-state index in [-0.39, 0.29) is 5.82 Å². The van der Waals surface area contributed by atoms with Crippen LogP contribution < -0.4 is 5.32 Å². The molecule has 0 aromatic heterocycles. The van der Waals surface area contributed by atoms with Gasteiger partial charge >= 0.3 is 0 Å². The third-order valence-corrected chi connectivity index (χ3v) is 4.63. The van der Waals surface area contributed by atoms with Crippen LogP contribution in [0.4, 0.5) is 4.39 Å². The highest BCUT2D eigenvalue weighted by atomic mass is 35.5. The van der Waals surface area contributed by atoms with Crippen molar-refractivity contribution in [2.24, 2.45) is 11.8 Å². The molecular formula is C17H25ClFN. The van der Waals surface area contributed by atoms with Crippen molar-refractivity contribution >= 4 is 11.6 Å². The van der Waals surface area contributed by atoms with Gasteiger partial charge in [0, 0.05) is 5.02 Å². The summed E-state index contributed by atoms with van der Waals surface area (Å²) >= 11 is 5.83. The Morgan fingerprint density at radius 1 is 1.35 bits per heavy atom. The molecule has 1 aromatic rings. The molecule has 1 atom stereocenters. The zero-order valence-electron chi connectivity index (χ0n) is 12.3. The smallest absolute Gasteiger partial charge is 0.127 e. The lowest BCUT2D eigenvalue weighted by molar-refractivity contribution is 0.318. The number of halogens is 2. The molecule has 1 aromatic carbocycles. The van der Waals surface area contributed by atoms with Crippen molar-refractivity contribution in [1.82, 2.24) is 5.32 Å². The molecule has 112 valence electrons. The Balaban J connectivity index is 2.01. The van der Waals surface area contributed by atoms with Crippen molar-refractivity contribution in [1.29, 1.82) is 0 Å². The summed E-state index contributed by atoms with van der Waals surface area (Å²) in [6, 6.07) is 5.08. The van der Waals surface area contributed by atoms with E-state index in [1.54, 1.807) is 6.07 Å². The van der Waals surface area contributed by atoms with E-state index < -0.39 is 0 Å². The van der Waals surface area contributed by atoms with E-state index in [4.69, 9.17) is 11.6 Å². The fourth-order valence-corrected chi connectivity index (χ4v) is 3.43. The Morgan fingerprint density at radius 2 is 2.10 bits per heavy atom. The zero-order chi connectivity index (χ0) is 14.4. The molecule has 1 unspecified atom stereocenters. The number of hydrogen-bond acceptors (Lipinski definition) is 1. The van der Waals surface area contributed by atoms with Crippen LogP contribution in [0.3, 0.4) is 0 Å². The molecule has 1 aliphatic carbocycles. The summed E-state index contributed by atoms with van der Waals surface area (Å²) in [5.41, 5.74) is 0.810. The van der Waals surface area contributed by atoms with Gasteiger partial charge in [-0.05, 0) is 55.5 Å². The van der Waals surface area contributed by atoms with E-state index >= 15 is 0 Å². The Bertz CT molecular complexity index is 415. The van der Waals surface area contributed by atoms with Crippen molar-refractivity contribution in [2.45, 2.75) is 45.4 Å². The molecule has 2 rings (SSSR count). The quantitative estimate of drug-likeness (QED) is 0.711. The third kappa shape index (κ3) is 4.46. The summed E-state index contributed by atoms with van der Waals surface area (Å²) in [5.74, 6) is 1.13.